The predicted molar refractivity (Wildman–Crippen MR) is 119 cm³/mol. The van der Waals surface area contributed by atoms with Gasteiger partial charge in [0.2, 0.25) is 0 Å². The van der Waals surface area contributed by atoms with Gasteiger partial charge in [0.05, 0.1) is 30.5 Å². The van der Waals surface area contributed by atoms with E-state index in [1.54, 1.807) is 6.07 Å². The van der Waals surface area contributed by atoms with Crippen LogP contribution in [-0.2, 0) is 21.4 Å². The van der Waals surface area contributed by atoms with Gasteiger partial charge in [-0.25, -0.2) is 0 Å². The van der Waals surface area contributed by atoms with Gasteiger partial charge in [-0.15, -0.1) is 0 Å². The molecule has 3 aromatic rings. The molecular formula is C23H27N5O3. The van der Waals surface area contributed by atoms with Gasteiger partial charge in [-0.05, 0) is 31.2 Å². The number of anilines is 1. The molecule has 0 bridgehead atoms. The Hall–Kier alpha value is -3.23. The molecule has 31 heavy (non-hydrogen) atoms. The van der Waals surface area contributed by atoms with Gasteiger partial charge in [-0.2, -0.15) is 0 Å². The van der Waals surface area contributed by atoms with Crippen molar-refractivity contribution in [1.29, 1.82) is 0 Å². The summed E-state index contributed by atoms with van der Waals surface area (Å²) in [5.41, 5.74) is 3.20. The number of fused-ring (bicyclic) bond motifs is 1. The van der Waals surface area contributed by atoms with Crippen LogP contribution in [0.15, 0.2) is 48.7 Å². The maximum Gasteiger partial charge on any atom is 0.313 e. The number of aryl methyl sites for hydroxylation is 2. The number of aromatic nitrogens is 2. The van der Waals surface area contributed by atoms with Gasteiger partial charge in [-0.1, -0.05) is 18.2 Å². The fourth-order valence-corrected chi connectivity index (χ4v) is 3.99. The Morgan fingerprint density at radius 1 is 1.13 bits per heavy atom. The first-order valence-corrected chi connectivity index (χ1v) is 10.4. The number of carbonyl (C=O) groups excluding carboxylic acids is 2. The van der Waals surface area contributed by atoms with Crippen molar-refractivity contribution in [3.05, 3.63) is 60.0 Å². The molecule has 3 heterocycles. The number of hydrogen-bond donors (Lipinski definition) is 2. The smallest absolute Gasteiger partial charge is 0.313 e. The van der Waals surface area contributed by atoms with Crippen molar-refractivity contribution in [1.82, 2.24) is 19.8 Å². The Bertz CT molecular complexity index is 1090. The van der Waals surface area contributed by atoms with Crippen molar-refractivity contribution < 1.29 is 14.3 Å². The lowest BCUT2D eigenvalue weighted by molar-refractivity contribution is -0.136. The Morgan fingerprint density at radius 3 is 2.65 bits per heavy atom. The van der Waals surface area contributed by atoms with E-state index in [4.69, 9.17) is 4.74 Å². The first-order chi connectivity index (χ1) is 15.0. The molecule has 2 aromatic heterocycles. The van der Waals surface area contributed by atoms with Gasteiger partial charge in [0, 0.05) is 49.7 Å². The molecule has 0 spiro atoms. The Morgan fingerprint density at radius 2 is 1.90 bits per heavy atom. The summed E-state index contributed by atoms with van der Waals surface area (Å²) in [6, 6.07) is 13.3. The zero-order valence-corrected chi connectivity index (χ0v) is 17.8. The summed E-state index contributed by atoms with van der Waals surface area (Å²) in [6.07, 6.45) is 1.98. The molecule has 2 N–H and O–H groups in total. The number of nitrogens with one attached hydrogen (secondary N) is 2. The van der Waals surface area contributed by atoms with Crippen molar-refractivity contribution in [3.8, 4) is 0 Å². The highest BCUT2D eigenvalue weighted by molar-refractivity contribution is 6.40. The zero-order valence-electron chi connectivity index (χ0n) is 17.8. The number of ether oxygens (including phenoxy) is 1. The van der Waals surface area contributed by atoms with Crippen molar-refractivity contribution in [2.24, 2.45) is 7.05 Å². The lowest BCUT2D eigenvalue weighted by Gasteiger charge is -2.34. The highest BCUT2D eigenvalue weighted by atomic mass is 16.5. The van der Waals surface area contributed by atoms with Crippen LogP contribution in [0.5, 0.6) is 0 Å². The van der Waals surface area contributed by atoms with Gasteiger partial charge in [0.15, 0.2) is 0 Å². The van der Waals surface area contributed by atoms with Crippen LogP contribution in [0, 0.1) is 6.92 Å². The van der Waals surface area contributed by atoms with Gasteiger partial charge in [0.1, 0.15) is 0 Å². The number of benzene rings is 1. The topological polar surface area (TPSA) is 88.5 Å². The number of para-hydroxylation sites is 1. The number of nitrogens with zero attached hydrogens (tertiary/aromatic N) is 3. The average molecular weight is 422 g/mol. The third-order valence-electron chi connectivity index (χ3n) is 5.57. The minimum absolute atomic E-state index is 0.0374. The molecule has 0 aliphatic carbocycles. The van der Waals surface area contributed by atoms with E-state index in [1.807, 2.05) is 61.1 Å². The van der Waals surface area contributed by atoms with Gasteiger partial charge >= 0.3 is 11.8 Å². The summed E-state index contributed by atoms with van der Waals surface area (Å²) < 4.78 is 7.51. The SMILES string of the molecule is Cc1cc(NC(=O)C(=O)NCC(c2cccn2C)N2CCOCC2)c2ccccc2n1. The summed E-state index contributed by atoms with van der Waals surface area (Å²) in [5.74, 6) is -1.35. The van der Waals surface area contributed by atoms with E-state index >= 15 is 0 Å². The van der Waals surface area contributed by atoms with E-state index in [2.05, 4.69) is 20.5 Å². The normalized spacial score (nSPS) is 15.5. The van der Waals surface area contributed by atoms with Crippen LogP contribution in [0.25, 0.3) is 10.9 Å². The van der Waals surface area contributed by atoms with E-state index in [-0.39, 0.29) is 6.04 Å². The van der Waals surface area contributed by atoms with Gasteiger partial charge in [0.25, 0.3) is 0 Å². The highest BCUT2D eigenvalue weighted by Gasteiger charge is 2.26. The number of carbonyl (C=O) groups is 2. The quantitative estimate of drug-likeness (QED) is 0.616. The summed E-state index contributed by atoms with van der Waals surface area (Å²) >= 11 is 0. The van der Waals surface area contributed by atoms with Crippen molar-refractivity contribution in [2.75, 3.05) is 38.2 Å². The summed E-state index contributed by atoms with van der Waals surface area (Å²) in [4.78, 5) is 32.0. The predicted octanol–water partition coefficient (Wildman–Crippen LogP) is 2.01. The molecule has 8 heteroatoms. The van der Waals surface area contributed by atoms with E-state index in [0.717, 1.165) is 35.4 Å². The maximum absolute atomic E-state index is 12.6. The highest BCUT2D eigenvalue weighted by Crippen LogP contribution is 2.23. The Labute approximate surface area is 181 Å². The number of hydrogen-bond acceptors (Lipinski definition) is 5. The van der Waals surface area contributed by atoms with Crippen LogP contribution in [0.1, 0.15) is 17.4 Å². The Balaban J connectivity index is 1.46. The number of amides is 2. The summed E-state index contributed by atoms with van der Waals surface area (Å²) in [6.45, 7) is 5.06. The molecule has 1 unspecified atom stereocenters. The fourth-order valence-electron chi connectivity index (χ4n) is 3.99. The third kappa shape index (κ3) is 4.76. The molecule has 162 valence electrons. The number of pyridine rings is 1. The fraction of sp³-hybridized carbons (Fsp3) is 0.348. The van der Waals surface area contributed by atoms with Gasteiger partial charge < -0.3 is 19.9 Å². The second kappa shape index (κ2) is 9.28. The van der Waals surface area contributed by atoms with Crippen molar-refractivity contribution in [2.45, 2.75) is 13.0 Å². The van der Waals surface area contributed by atoms with Crippen LogP contribution in [0.3, 0.4) is 0 Å². The molecule has 0 saturated carbocycles. The average Bonchev–Trinajstić information content (AvgIpc) is 3.20. The van der Waals surface area contributed by atoms with Crippen LogP contribution in [-0.4, -0.2) is 59.1 Å². The molecule has 0 radical (unpaired) electrons. The zero-order chi connectivity index (χ0) is 21.8. The van der Waals surface area contributed by atoms with Gasteiger partial charge in [-0.3, -0.25) is 19.5 Å². The molecule has 1 atom stereocenters. The number of rotatable bonds is 5. The maximum atomic E-state index is 12.6. The minimum atomic E-state index is -0.691. The van der Waals surface area contributed by atoms with Crippen LogP contribution in [0.4, 0.5) is 5.69 Å². The molecule has 2 amide bonds. The monoisotopic (exact) mass is 421 g/mol. The summed E-state index contributed by atoms with van der Waals surface area (Å²) in [7, 11) is 1.98. The molecule has 1 aliphatic rings. The van der Waals surface area contributed by atoms with Crippen LogP contribution >= 0.6 is 0 Å². The van der Waals surface area contributed by atoms with Crippen molar-refractivity contribution >= 4 is 28.4 Å². The molecule has 4 rings (SSSR count). The second-order valence-corrected chi connectivity index (χ2v) is 7.70. The van der Waals surface area contributed by atoms with Crippen LogP contribution < -0.4 is 10.6 Å². The molecule has 1 aliphatic heterocycles. The van der Waals surface area contributed by atoms with E-state index in [0.29, 0.717) is 25.4 Å². The van der Waals surface area contributed by atoms with Crippen LogP contribution in [0.2, 0.25) is 0 Å². The first-order valence-electron chi connectivity index (χ1n) is 10.4. The first kappa shape index (κ1) is 21.0. The third-order valence-corrected chi connectivity index (χ3v) is 5.57. The van der Waals surface area contributed by atoms with E-state index in [9.17, 15) is 9.59 Å². The molecule has 1 saturated heterocycles. The van der Waals surface area contributed by atoms with E-state index < -0.39 is 11.8 Å². The molecular weight excluding hydrogens is 394 g/mol. The standard InChI is InChI=1S/C23H27N5O3/c1-16-14-19(17-6-3-4-7-18(17)25-16)26-23(30)22(29)24-15-21(20-8-5-9-27(20)2)28-10-12-31-13-11-28/h3-9,14,21H,10-13,15H2,1-2H3,(H,24,29)(H,25,26,30). The van der Waals surface area contributed by atoms with E-state index in [1.165, 1.54) is 0 Å². The Kier molecular flexibility index (Phi) is 6.29. The molecule has 1 fully saturated rings. The minimum Gasteiger partial charge on any atom is -0.379 e. The summed E-state index contributed by atoms with van der Waals surface area (Å²) in [5, 5.41) is 6.36. The lowest BCUT2D eigenvalue weighted by atomic mass is 10.1. The lowest BCUT2D eigenvalue weighted by Crippen LogP contribution is -2.46. The molecule has 8 nitrogen and oxygen atoms in total. The molecule has 1 aromatic carbocycles. The largest absolute Gasteiger partial charge is 0.379 e. The number of morpholine rings is 1. The van der Waals surface area contributed by atoms with Crippen molar-refractivity contribution in [3.63, 3.8) is 0 Å². The second-order valence-electron chi connectivity index (χ2n) is 7.70.